The minimum Gasteiger partial charge on any atom is -0.388 e. The van der Waals surface area contributed by atoms with E-state index in [1.165, 1.54) is 0 Å². The van der Waals surface area contributed by atoms with E-state index in [9.17, 15) is 14.7 Å². The maximum atomic E-state index is 12.9. The first-order valence-electron chi connectivity index (χ1n) is 8.49. The van der Waals surface area contributed by atoms with Gasteiger partial charge in [0.05, 0.1) is 25.0 Å². The predicted octanol–water partition coefficient (Wildman–Crippen LogP) is 2.20. The summed E-state index contributed by atoms with van der Waals surface area (Å²) in [4.78, 5) is 26.5. The molecular formula is C20H22N2O3. The van der Waals surface area contributed by atoms with Gasteiger partial charge in [0.2, 0.25) is 11.8 Å². The van der Waals surface area contributed by atoms with E-state index in [0.717, 1.165) is 11.1 Å². The molecule has 0 aliphatic carbocycles. The van der Waals surface area contributed by atoms with Gasteiger partial charge in [0.25, 0.3) is 0 Å². The summed E-state index contributed by atoms with van der Waals surface area (Å²) < 4.78 is 0. The Labute approximate surface area is 147 Å². The van der Waals surface area contributed by atoms with E-state index < -0.39 is 6.10 Å². The quantitative estimate of drug-likeness (QED) is 0.898. The molecule has 5 nitrogen and oxygen atoms in total. The molecule has 130 valence electrons. The van der Waals surface area contributed by atoms with Crippen LogP contribution in [0, 0.1) is 0 Å². The van der Waals surface area contributed by atoms with Crippen molar-refractivity contribution in [3.05, 3.63) is 71.8 Å². The molecule has 2 aromatic carbocycles. The highest BCUT2D eigenvalue weighted by Crippen LogP contribution is 2.28. The zero-order chi connectivity index (χ0) is 17.6. The molecule has 0 spiro atoms. The van der Waals surface area contributed by atoms with Crippen molar-refractivity contribution in [3.8, 4) is 0 Å². The van der Waals surface area contributed by atoms with Gasteiger partial charge in [0.15, 0.2) is 0 Å². The molecular weight excluding hydrogens is 316 g/mol. The molecule has 25 heavy (non-hydrogen) atoms. The molecule has 1 saturated heterocycles. The summed E-state index contributed by atoms with van der Waals surface area (Å²) in [7, 11) is 0. The average molecular weight is 338 g/mol. The topological polar surface area (TPSA) is 69.6 Å². The van der Waals surface area contributed by atoms with Gasteiger partial charge in [-0.05, 0) is 11.1 Å². The lowest BCUT2D eigenvalue weighted by Crippen LogP contribution is -2.37. The number of carbonyl (C=O) groups excluding carboxylic acids is 2. The van der Waals surface area contributed by atoms with Crippen molar-refractivity contribution in [2.75, 3.05) is 13.1 Å². The first-order valence-corrected chi connectivity index (χ1v) is 8.49. The van der Waals surface area contributed by atoms with Crippen LogP contribution < -0.4 is 5.32 Å². The normalized spacial score (nSPS) is 19.0. The Morgan fingerprint density at radius 2 is 1.76 bits per heavy atom. The summed E-state index contributed by atoms with van der Waals surface area (Å²) in [5.41, 5.74) is 1.65. The van der Waals surface area contributed by atoms with Crippen molar-refractivity contribution in [1.82, 2.24) is 10.2 Å². The SMILES string of the molecule is O=C1CC(c2ccccc2)N(C(=O)CC(O)c2ccccc2)CCN1. The van der Waals surface area contributed by atoms with Crippen molar-refractivity contribution in [2.24, 2.45) is 0 Å². The molecule has 0 saturated carbocycles. The highest BCUT2D eigenvalue weighted by molar-refractivity contribution is 5.81. The van der Waals surface area contributed by atoms with E-state index in [4.69, 9.17) is 0 Å². The molecule has 2 aromatic rings. The van der Waals surface area contributed by atoms with Gasteiger partial charge in [-0.2, -0.15) is 0 Å². The first-order chi connectivity index (χ1) is 12.1. The smallest absolute Gasteiger partial charge is 0.226 e. The summed E-state index contributed by atoms with van der Waals surface area (Å²) in [5.74, 6) is -0.213. The fourth-order valence-corrected chi connectivity index (χ4v) is 3.18. The molecule has 3 rings (SSSR count). The maximum absolute atomic E-state index is 12.9. The summed E-state index contributed by atoms with van der Waals surface area (Å²) in [5, 5.41) is 13.2. The second kappa shape index (κ2) is 7.94. The van der Waals surface area contributed by atoms with Gasteiger partial charge < -0.3 is 15.3 Å². The van der Waals surface area contributed by atoms with Crippen LogP contribution in [0.4, 0.5) is 0 Å². The molecule has 5 heteroatoms. The number of rotatable bonds is 4. The molecule has 0 radical (unpaired) electrons. The molecule has 1 aliphatic heterocycles. The second-order valence-electron chi connectivity index (χ2n) is 6.20. The van der Waals surface area contributed by atoms with Crippen LogP contribution in [0.25, 0.3) is 0 Å². The molecule has 2 amide bonds. The molecule has 1 aliphatic rings. The molecule has 1 heterocycles. The average Bonchev–Trinajstić information content (AvgIpc) is 2.84. The van der Waals surface area contributed by atoms with E-state index in [2.05, 4.69) is 5.32 Å². The molecule has 0 bridgehead atoms. The van der Waals surface area contributed by atoms with Crippen molar-refractivity contribution in [3.63, 3.8) is 0 Å². The zero-order valence-corrected chi connectivity index (χ0v) is 14.0. The van der Waals surface area contributed by atoms with E-state index in [1.807, 2.05) is 48.5 Å². The lowest BCUT2D eigenvalue weighted by atomic mass is 10.00. The number of aliphatic hydroxyl groups excluding tert-OH is 1. The molecule has 1 fully saturated rings. The van der Waals surface area contributed by atoms with Gasteiger partial charge in [0.1, 0.15) is 0 Å². The van der Waals surface area contributed by atoms with Crippen LogP contribution in [0.5, 0.6) is 0 Å². The largest absolute Gasteiger partial charge is 0.388 e. The predicted molar refractivity (Wildman–Crippen MR) is 94.5 cm³/mol. The van der Waals surface area contributed by atoms with Gasteiger partial charge in [-0.3, -0.25) is 9.59 Å². The van der Waals surface area contributed by atoms with E-state index in [-0.39, 0.29) is 30.7 Å². The van der Waals surface area contributed by atoms with Crippen molar-refractivity contribution in [2.45, 2.75) is 25.0 Å². The van der Waals surface area contributed by atoms with Crippen molar-refractivity contribution >= 4 is 11.8 Å². The Hall–Kier alpha value is -2.66. The van der Waals surface area contributed by atoms with Crippen molar-refractivity contribution in [1.29, 1.82) is 0 Å². The van der Waals surface area contributed by atoms with Crippen LogP contribution in [-0.2, 0) is 9.59 Å². The molecule has 0 aromatic heterocycles. The minimum atomic E-state index is -0.850. The number of aliphatic hydroxyl groups is 1. The Balaban J connectivity index is 1.79. The number of amides is 2. The van der Waals surface area contributed by atoms with Crippen LogP contribution >= 0.6 is 0 Å². The molecule has 2 atom stereocenters. The maximum Gasteiger partial charge on any atom is 0.226 e. The van der Waals surface area contributed by atoms with Crippen LogP contribution in [-0.4, -0.2) is 34.9 Å². The standard InChI is InChI=1S/C20H22N2O3/c23-18(16-9-5-2-6-10-16)14-20(25)22-12-11-21-19(24)13-17(22)15-7-3-1-4-8-15/h1-10,17-18,23H,11-14H2,(H,21,24). The van der Waals surface area contributed by atoms with Gasteiger partial charge in [-0.15, -0.1) is 0 Å². The van der Waals surface area contributed by atoms with E-state index in [0.29, 0.717) is 13.1 Å². The molecule has 2 unspecified atom stereocenters. The Kier molecular flexibility index (Phi) is 5.46. The summed E-state index contributed by atoms with van der Waals surface area (Å²) in [6.45, 7) is 0.862. The number of hydrogen-bond acceptors (Lipinski definition) is 3. The number of benzene rings is 2. The van der Waals surface area contributed by atoms with Crippen LogP contribution in [0.1, 0.15) is 36.1 Å². The number of hydrogen-bond donors (Lipinski definition) is 2. The third-order valence-corrected chi connectivity index (χ3v) is 4.49. The van der Waals surface area contributed by atoms with Crippen LogP contribution in [0.15, 0.2) is 60.7 Å². The molecule has 2 N–H and O–H groups in total. The zero-order valence-electron chi connectivity index (χ0n) is 14.0. The summed E-state index contributed by atoms with van der Waals surface area (Å²) >= 11 is 0. The third kappa shape index (κ3) is 4.25. The van der Waals surface area contributed by atoms with Crippen molar-refractivity contribution < 1.29 is 14.7 Å². The summed E-state index contributed by atoms with van der Waals surface area (Å²) in [6.07, 6.45) is -0.615. The van der Waals surface area contributed by atoms with Gasteiger partial charge in [-0.1, -0.05) is 60.7 Å². The fraction of sp³-hybridized carbons (Fsp3) is 0.300. The van der Waals surface area contributed by atoms with Crippen LogP contribution in [0.3, 0.4) is 0 Å². The van der Waals surface area contributed by atoms with Crippen LogP contribution in [0.2, 0.25) is 0 Å². The minimum absolute atomic E-state index is 0.00153. The van der Waals surface area contributed by atoms with E-state index in [1.54, 1.807) is 17.0 Å². The van der Waals surface area contributed by atoms with Gasteiger partial charge in [0, 0.05) is 13.1 Å². The highest BCUT2D eigenvalue weighted by Gasteiger charge is 2.30. The first kappa shape index (κ1) is 17.2. The summed E-state index contributed by atoms with van der Waals surface area (Å²) in [6, 6.07) is 18.4. The third-order valence-electron chi connectivity index (χ3n) is 4.49. The number of nitrogens with one attached hydrogen (secondary N) is 1. The lowest BCUT2D eigenvalue weighted by Gasteiger charge is -2.30. The highest BCUT2D eigenvalue weighted by atomic mass is 16.3. The second-order valence-corrected chi connectivity index (χ2v) is 6.20. The van der Waals surface area contributed by atoms with E-state index >= 15 is 0 Å². The monoisotopic (exact) mass is 338 g/mol. The Bertz CT molecular complexity index is 718. The fourth-order valence-electron chi connectivity index (χ4n) is 3.18. The number of nitrogens with zero attached hydrogens (tertiary/aromatic N) is 1. The van der Waals surface area contributed by atoms with Gasteiger partial charge in [-0.25, -0.2) is 0 Å². The van der Waals surface area contributed by atoms with Gasteiger partial charge >= 0.3 is 0 Å². The lowest BCUT2D eigenvalue weighted by molar-refractivity contribution is -0.135. The number of carbonyl (C=O) groups is 2. The Morgan fingerprint density at radius 3 is 2.44 bits per heavy atom. The Morgan fingerprint density at radius 1 is 1.12 bits per heavy atom.